The number of hydrogen-bond acceptors (Lipinski definition) is 5. The fraction of sp³-hybridized carbons (Fsp3) is 0.500. The number of aryl methyl sites for hydroxylation is 1. The first-order chi connectivity index (χ1) is 12.1. The van der Waals surface area contributed by atoms with Crippen molar-refractivity contribution < 1.29 is 9.59 Å². The Labute approximate surface area is 150 Å². The normalized spacial score (nSPS) is 18.2. The number of H-pyrrole nitrogens is 1. The molecule has 2 aliphatic rings. The Hall–Kier alpha value is -2.15. The predicted molar refractivity (Wildman–Crippen MR) is 97.6 cm³/mol. The van der Waals surface area contributed by atoms with E-state index in [-0.39, 0.29) is 11.7 Å². The first kappa shape index (κ1) is 16.3. The predicted octanol–water partition coefficient (Wildman–Crippen LogP) is 2.65. The van der Waals surface area contributed by atoms with E-state index in [1.807, 2.05) is 23.4 Å². The van der Waals surface area contributed by atoms with Gasteiger partial charge in [0.05, 0.1) is 0 Å². The van der Waals surface area contributed by atoms with Crippen LogP contribution in [-0.2, 0) is 6.42 Å². The maximum absolute atomic E-state index is 13.0. The second-order valence-corrected chi connectivity index (χ2v) is 7.58. The first-order valence-corrected chi connectivity index (χ1v) is 9.71. The van der Waals surface area contributed by atoms with Gasteiger partial charge in [0.1, 0.15) is 5.69 Å². The standard InChI is InChI=1S/C18H22N4O2S/c1-12-15-13(4-2-5-14(15)23)20-16(12)17(24)21-7-3-8-22(10-9-21)18-19-6-11-25-18/h6,11,20H,2-5,7-10H2,1H3. The largest absolute Gasteiger partial charge is 0.354 e. The molecule has 1 aliphatic heterocycles. The van der Waals surface area contributed by atoms with Crippen molar-refractivity contribution in [2.45, 2.75) is 32.6 Å². The molecular formula is C18H22N4O2S. The van der Waals surface area contributed by atoms with Crippen molar-refractivity contribution in [1.29, 1.82) is 0 Å². The molecule has 0 radical (unpaired) electrons. The number of fused-ring (bicyclic) bond motifs is 1. The minimum Gasteiger partial charge on any atom is -0.354 e. The summed E-state index contributed by atoms with van der Waals surface area (Å²) in [6.07, 6.45) is 5.05. The highest BCUT2D eigenvalue weighted by molar-refractivity contribution is 7.13. The molecular weight excluding hydrogens is 336 g/mol. The van der Waals surface area contributed by atoms with E-state index in [0.29, 0.717) is 18.7 Å². The van der Waals surface area contributed by atoms with Gasteiger partial charge in [0.25, 0.3) is 5.91 Å². The molecule has 0 unspecified atom stereocenters. The highest BCUT2D eigenvalue weighted by atomic mass is 32.1. The monoisotopic (exact) mass is 358 g/mol. The van der Waals surface area contributed by atoms with E-state index in [1.165, 1.54) is 0 Å². The molecule has 6 nitrogen and oxygen atoms in total. The number of nitrogens with one attached hydrogen (secondary N) is 1. The third kappa shape index (κ3) is 2.97. The molecule has 1 aliphatic carbocycles. The van der Waals surface area contributed by atoms with Crippen LogP contribution in [0, 0.1) is 6.92 Å². The molecule has 0 aromatic carbocycles. The van der Waals surface area contributed by atoms with E-state index in [1.54, 1.807) is 11.3 Å². The number of carbonyl (C=O) groups is 2. The van der Waals surface area contributed by atoms with Crippen LogP contribution in [0.2, 0.25) is 0 Å². The molecule has 1 fully saturated rings. The van der Waals surface area contributed by atoms with Crippen LogP contribution in [0.3, 0.4) is 0 Å². The molecule has 4 rings (SSSR count). The quantitative estimate of drug-likeness (QED) is 0.896. The molecule has 132 valence electrons. The fourth-order valence-corrected chi connectivity index (χ4v) is 4.53. The minimum absolute atomic E-state index is 0.0145. The number of thiazole rings is 1. The lowest BCUT2D eigenvalue weighted by Gasteiger charge is -2.21. The number of hydrogen-bond donors (Lipinski definition) is 1. The average molecular weight is 358 g/mol. The van der Waals surface area contributed by atoms with Gasteiger partial charge >= 0.3 is 0 Å². The lowest BCUT2D eigenvalue weighted by Crippen LogP contribution is -2.35. The molecule has 3 heterocycles. The second kappa shape index (κ2) is 6.63. The van der Waals surface area contributed by atoms with Crippen LogP contribution < -0.4 is 4.90 Å². The van der Waals surface area contributed by atoms with E-state index in [9.17, 15) is 9.59 Å². The van der Waals surface area contributed by atoms with Gasteiger partial charge in [-0.15, -0.1) is 11.3 Å². The Morgan fingerprint density at radius 1 is 1.20 bits per heavy atom. The van der Waals surface area contributed by atoms with Crippen LogP contribution in [0.15, 0.2) is 11.6 Å². The summed E-state index contributed by atoms with van der Waals surface area (Å²) in [4.78, 5) is 37.0. The SMILES string of the molecule is Cc1c(C(=O)N2CCCN(c3nccs3)CC2)[nH]c2c1C(=O)CCC2. The van der Waals surface area contributed by atoms with E-state index in [0.717, 1.165) is 60.8 Å². The number of Topliss-reactive ketones (excluding diaryl/α,β-unsaturated/α-hetero) is 1. The molecule has 0 bridgehead atoms. The molecule has 2 aromatic heterocycles. The van der Waals surface area contributed by atoms with Crippen LogP contribution in [0.25, 0.3) is 0 Å². The minimum atomic E-state index is 0.0145. The van der Waals surface area contributed by atoms with E-state index < -0.39 is 0 Å². The summed E-state index contributed by atoms with van der Waals surface area (Å²) in [5.41, 5.74) is 3.12. The zero-order valence-corrected chi connectivity index (χ0v) is 15.2. The van der Waals surface area contributed by atoms with Crippen LogP contribution in [0.4, 0.5) is 5.13 Å². The van der Waals surface area contributed by atoms with Crippen LogP contribution in [-0.4, -0.2) is 52.7 Å². The third-order valence-corrected chi connectivity index (χ3v) is 5.96. The molecule has 2 aromatic rings. The van der Waals surface area contributed by atoms with Crippen molar-refractivity contribution in [3.05, 3.63) is 34.1 Å². The number of aromatic amines is 1. The number of rotatable bonds is 2. The number of anilines is 1. The molecule has 25 heavy (non-hydrogen) atoms. The molecule has 1 N–H and O–H groups in total. The highest BCUT2D eigenvalue weighted by Gasteiger charge is 2.29. The first-order valence-electron chi connectivity index (χ1n) is 8.83. The molecule has 0 saturated carbocycles. The van der Waals surface area contributed by atoms with Gasteiger partial charge in [-0.1, -0.05) is 0 Å². The Morgan fingerprint density at radius 2 is 2.08 bits per heavy atom. The summed E-state index contributed by atoms with van der Waals surface area (Å²) < 4.78 is 0. The van der Waals surface area contributed by atoms with Crippen molar-refractivity contribution in [1.82, 2.24) is 14.9 Å². The Balaban J connectivity index is 1.53. The molecule has 7 heteroatoms. The van der Waals surface area contributed by atoms with Crippen molar-refractivity contribution in [3.63, 3.8) is 0 Å². The summed E-state index contributed by atoms with van der Waals surface area (Å²) in [5, 5.41) is 3.00. The van der Waals surface area contributed by atoms with Gasteiger partial charge in [-0.3, -0.25) is 9.59 Å². The van der Waals surface area contributed by atoms with Crippen LogP contribution in [0.5, 0.6) is 0 Å². The second-order valence-electron chi connectivity index (χ2n) is 6.70. The summed E-state index contributed by atoms with van der Waals surface area (Å²) in [5.74, 6) is 0.181. The number of ketones is 1. The van der Waals surface area contributed by atoms with E-state index in [4.69, 9.17) is 0 Å². The van der Waals surface area contributed by atoms with Gasteiger partial charge in [0, 0.05) is 55.4 Å². The van der Waals surface area contributed by atoms with Crippen molar-refractivity contribution in [2.75, 3.05) is 31.1 Å². The molecule has 1 saturated heterocycles. The fourth-order valence-electron chi connectivity index (χ4n) is 3.83. The maximum Gasteiger partial charge on any atom is 0.270 e. The Bertz CT molecular complexity index is 796. The van der Waals surface area contributed by atoms with Gasteiger partial charge in [0.2, 0.25) is 0 Å². The van der Waals surface area contributed by atoms with Gasteiger partial charge in [-0.2, -0.15) is 0 Å². The Morgan fingerprint density at radius 3 is 2.84 bits per heavy atom. The number of nitrogens with zero attached hydrogens (tertiary/aromatic N) is 3. The smallest absolute Gasteiger partial charge is 0.270 e. The number of amides is 1. The summed E-state index contributed by atoms with van der Waals surface area (Å²) in [6.45, 7) is 5.01. The zero-order valence-electron chi connectivity index (χ0n) is 14.4. The van der Waals surface area contributed by atoms with Crippen LogP contribution >= 0.6 is 11.3 Å². The van der Waals surface area contributed by atoms with Crippen molar-refractivity contribution >= 4 is 28.2 Å². The highest BCUT2D eigenvalue weighted by Crippen LogP contribution is 2.27. The summed E-state index contributed by atoms with van der Waals surface area (Å²) in [6, 6.07) is 0. The third-order valence-electron chi connectivity index (χ3n) is 5.12. The van der Waals surface area contributed by atoms with Gasteiger partial charge in [-0.05, 0) is 31.7 Å². The van der Waals surface area contributed by atoms with E-state index in [2.05, 4.69) is 14.9 Å². The molecule has 1 amide bonds. The van der Waals surface area contributed by atoms with Gasteiger partial charge < -0.3 is 14.8 Å². The lowest BCUT2D eigenvalue weighted by atomic mass is 9.94. The van der Waals surface area contributed by atoms with E-state index >= 15 is 0 Å². The maximum atomic E-state index is 13.0. The summed E-state index contributed by atoms with van der Waals surface area (Å²) in [7, 11) is 0. The average Bonchev–Trinajstić information content (AvgIpc) is 3.17. The summed E-state index contributed by atoms with van der Waals surface area (Å²) >= 11 is 1.63. The number of aromatic nitrogens is 2. The molecule has 0 spiro atoms. The van der Waals surface area contributed by atoms with Crippen LogP contribution in [0.1, 0.15) is 51.4 Å². The van der Waals surface area contributed by atoms with Crippen molar-refractivity contribution in [3.8, 4) is 0 Å². The number of carbonyl (C=O) groups excluding carboxylic acids is 2. The van der Waals surface area contributed by atoms with Crippen molar-refractivity contribution in [2.24, 2.45) is 0 Å². The molecule has 0 atom stereocenters. The zero-order chi connectivity index (χ0) is 17.4. The van der Waals surface area contributed by atoms with Gasteiger partial charge in [0.15, 0.2) is 10.9 Å². The van der Waals surface area contributed by atoms with Gasteiger partial charge in [-0.25, -0.2) is 4.98 Å². The lowest BCUT2D eigenvalue weighted by molar-refractivity contribution is 0.0761. The Kier molecular flexibility index (Phi) is 4.33. The topological polar surface area (TPSA) is 69.3 Å².